The van der Waals surface area contributed by atoms with E-state index in [-0.39, 0.29) is 17.4 Å². The molecule has 2 aliphatic rings. The van der Waals surface area contributed by atoms with Crippen LogP contribution in [-0.2, 0) is 0 Å². The first-order valence-electron chi connectivity index (χ1n) is 6.22. The van der Waals surface area contributed by atoms with Crippen LogP contribution in [0.5, 0.6) is 0 Å². The molecule has 3 rings (SSSR count). The summed E-state index contributed by atoms with van der Waals surface area (Å²) in [5.74, 6) is 0.567. The third-order valence-electron chi connectivity index (χ3n) is 3.89. The van der Waals surface area contributed by atoms with Gasteiger partial charge in [0, 0.05) is 0 Å². The molecule has 0 aromatic carbocycles. The van der Waals surface area contributed by atoms with Gasteiger partial charge < -0.3 is 16.0 Å². The van der Waals surface area contributed by atoms with Crippen LogP contribution in [0.15, 0.2) is 16.9 Å². The molecule has 1 saturated carbocycles. The first-order chi connectivity index (χ1) is 8.99. The molecule has 0 amide bonds. The minimum Gasteiger partial charge on any atom is -0.369 e. The van der Waals surface area contributed by atoms with Crippen LogP contribution < -0.4 is 21.5 Å². The molecular weight excluding hydrogens is 249 g/mol. The molecule has 3 unspecified atom stereocenters. The zero-order chi connectivity index (χ0) is 13.7. The van der Waals surface area contributed by atoms with Crippen LogP contribution >= 0.6 is 0 Å². The van der Waals surface area contributed by atoms with E-state index in [0.717, 1.165) is 5.57 Å². The van der Waals surface area contributed by atoms with Crippen molar-refractivity contribution in [1.82, 2.24) is 9.97 Å². The quantitative estimate of drug-likeness (QED) is 0.655. The van der Waals surface area contributed by atoms with Crippen LogP contribution in [0.1, 0.15) is 13.3 Å². The van der Waals surface area contributed by atoms with Crippen LogP contribution in [0, 0.1) is 5.92 Å². The Hall–Kier alpha value is -2.05. The molecule has 0 spiro atoms. The standard InChI is InChI=1S/C12H16FN5O/c1-5-3-7(13)9(6(5)2)18-4-15-8-10(18)16-12(14)17-11(8)19/h5,7,9,15H,2-4H2,1H3,(H3,14,16,17,19). The predicted molar refractivity (Wildman–Crippen MR) is 71.8 cm³/mol. The number of nitrogen functional groups attached to an aromatic ring is 1. The van der Waals surface area contributed by atoms with Gasteiger partial charge in [-0.2, -0.15) is 4.98 Å². The number of H-pyrrole nitrogens is 1. The second kappa shape index (κ2) is 3.97. The zero-order valence-electron chi connectivity index (χ0n) is 10.6. The van der Waals surface area contributed by atoms with Gasteiger partial charge in [-0.3, -0.25) is 9.78 Å². The molecule has 1 aromatic rings. The SMILES string of the molecule is C=C1C(C)CC(F)C1N1CNc2c1nc(N)[nH]c2=O. The van der Waals surface area contributed by atoms with Gasteiger partial charge in [0.25, 0.3) is 5.56 Å². The number of nitrogens with one attached hydrogen (secondary N) is 2. The van der Waals surface area contributed by atoms with E-state index >= 15 is 0 Å². The average molecular weight is 265 g/mol. The minimum atomic E-state index is -1.00. The van der Waals surface area contributed by atoms with E-state index in [1.807, 2.05) is 6.92 Å². The average Bonchev–Trinajstić information content (AvgIpc) is 2.82. The monoisotopic (exact) mass is 265 g/mol. The number of fused-ring (bicyclic) bond motifs is 1. The van der Waals surface area contributed by atoms with Gasteiger partial charge >= 0.3 is 0 Å². The fraction of sp³-hybridized carbons (Fsp3) is 0.500. The molecule has 0 saturated heterocycles. The van der Waals surface area contributed by atoms with Crippen LogP contribution in [0.4, 0.5) is 21.8 Å². The highest BCUT2D eigenvalue weighted by atomic mass is 19.1. The molecule has 0 bridgehead atoms. The number of hydrogen-bond acceptors (Lipinski definition) is 5. The van der Waals surface area contributed by atoms with Crippen LogP contribution in [0.3, 0.4) is 0 Å². The number of rotatable bonds is 1. The molecule has 1 fully saturated rings. The normalized spacial score (nSPS) is 29.5. The molecule has 19 heavy (non-hydrogen) atoms. The summed E-state index contributed by atoms with van der Waals surface area (Å²) in [6.45, 7) is 6.27. The van der Waals surface area contributed by atoms with Gasteiger partial charge in [0.15, 0.2) is 5.82 Å². The molecule has 1 aliphatic heterocycles. The topological polar surface area (TPSA) is 87.0 Å². The van der Waals surface area contributed by atoms with Crippen molar-refractivity contribution in [2.24, 2.45) is 5.92 Å². The molecule has 2 heterocycles. The van der Waals surface area contributed by atoms with Crippen molar-refractivity contribution >= 4 is 17.5 Å². The Bertz CT molecular complexity index is 598. The van der Waals surface area contributed by atoms with Crippen molar-refractivity contribution in [1.29, 1.82) is 0 Å². The molecular formula is C12H16FN5O. The van der Waals surface area contributed by atoms with Gasteiger partial charge in [-0.1, -0.05) is 13.5 Å². The maximum absolute atomic E-state index is 14.2. The first kappa shape index (κ1) is 12.0. The number of aromatic amines is 1. The zero-order valence-corrected chi connectivity index (χ0v) is 10.6. The van der Waals surface area contributed by atoms with E-state index in [1.54, 1.807) is 4.90 Å². The number of halogens is 1. The summed E-state index contributed by atoms with van der Waals surface area (Å²) in [5.41, 5.74) is 6.39. The van der Waals surface area contributed by atoms with Gasteiger partial charge in [-0.05, 0) is 17.9 Å². The Morgan fingerprint density at radius 2 is 2.32 bits per heavy atom. The van der Waals surface area contributed by atoms with Crippen LogP contribution in [-0.4, -0.2) is 28.9 Å². The van der Waals surface area contributed by atoms with Crippen molar-refractivity contribution in [3.63, 3.8) is 0 Å². The van der Waals surface area contributed by atoms with E-state index in [1.165, 1.54) is 0 Å². The molecule has 0 radical (unpaired) electrons. The van der Waals surface area contributed by atoms with Crippen molar-refractivity contribution in [2.45, 2.75) is 25.6 Å². The summed E-state index contributed by atoms with van der Waals surface area (Å²) in [5, 5.41) is 2.93. The Kier molecular flexibility index (Phi) is 2.51. The van der Waals surface area contributed by atoms with Gasteiger partial charge in [0.05, 0.1) is 12.7 Å². The third kappa shape index (κ3) is 1.68. The lowest BCUT2D eigenvalue weighted by Crippen LogP contribution is -2.40. The molecule has 1 aliphatic carbocycles. The summed E-state index contributed by atoms with van der Waals surface area (Å²) in [6, 6.07) is -0.447. The number of nitrogens with two attached hydrogens (primary N) is 1. The summed E-state index contributed by atoms with van der Waals surface area (Å²) >= 11 is 0. The maximum atomic E-state index is 14.2. The van der Waals surface area contributed by atoms with Crippen LogP contribution in [0.2, 0.25) is 0 Å². The molecule has 1 aromatic heterocycles. The predicted octanol–water partition coefficient (Wildman–Crippen LogP) is 0.844. The number of hydrogen-bond donors (Lipinski definition) is 3. The second-order valence-electron chi connectivity index (χ2n) is 5.13. The van der Waals surface area contributed by atoms with Crippen LogP contribution in [0.25, 0.3) is 0 Å². The first-order valence-corrected chi connectivity index (χ1v) is 6.22. The van der Waals surface area contributed by atoms with Crippen molar-refractivity contribution in [2.75, 3.05) is 22.6 Å². The summed E-state index contributed by atoms with van der Waals surface area (Å²) in [7, 11) is 0. The summed E-state index contributed by atoms with van der Waals surface area (Å²) < 4.78 is 14.2. The van der Waals surface area contributed by atoms with E-state index in [9.17, 15) is 9.18 Å². The lowest BCUT2D eigenvalue weighted by Gasteiger charge is -2.27. The van der Waals surface area contributed by atoms with Crippen molar-refractivity contribution < 1.29 is 4.39 Å². The Balaban J connectivity index is 2.03. The van der Waals surface area contributed by atoms with Gasteiger partial charge in [-0.15, -0.1) is 0 Å². The number of aromatic nitrogens is 2. The number of nitrogens with zero attached hydrogens (tertiary/aromatic N) is 2. The number of alkyl halides is 1. The highest BCUT2D eigenvalue weighted by molar-refractivity contribution is 5.72. The van der Waals surface area contributed by atoms with E-state index in [4.69, 9.17) is 5.73 Å². The van der Waals surface area contributed by atoms with Crippen molar-refractivity contribution in [3.05, 3.63) is 22.5 Å². The van der Waals surface area contributed by atoms with Crippen molar-refractivity contribution in [3.8, 4) is 0 Å². The molecule has 6 nitrogen and oxygen atoms in total. The Morgan fingerprint density at radius 3 is 2.95 bits per heavy atom. The summed E-state index contributed by atoms with van der Waals surface area (Å²) in [4.78, 5) is 20.0. The number of anilines is 3. The molecule has 7 heteroatoms. The second-order valence-corrected chi connectivity index (χ2v) is 5.13. The molecule has 102 valence electrons. The summed E-state index contributed by atoms with van der Waals surface area (Å²) in [6.07, 6.45) is -0.550. The van der Waals surface area contributed by atoms with E-state index in [2.05, 4.69) is 21.9 Å². The lowest BCUT2D eigenvalue weighted by atomic mass is 10.1. The van der Waals surface area contributed by atoms with Gasteiger partial charge in [0.1, 0.15) is 11.9 Å². The minimum absolute atomic E-state index is 0.0320. The Morgan fingerprint density at radius 1 is 1.58 bits per heavy atom. The van der Waals surface area contributed by atoms with E-state index in [0.29, 0.717) is 24.6 Å². The third-order valence-corrected chi connectivity index (χ3v) is 3.89. The van der Waals surface area contributed by atoms with Gasteiger partial charge in [-0.25, -0.2) is 4.39 Å². The molecule has 3 atom stereocenters. The van der Waals surface area contributed by atoms with Gasteiger partial charge in [0.2, 0.25) is 5.95 Å². The lowest BCUT2D eigenvalue weighted by molar-refractivity contribution is 0.306. The fourth-order valence-corrected chi connectivity index (χ4v) is 2.85. The Labute approximate surface area is 109 Å². The fourth-order valence-electron chi connectivity index (χ4n) is 2.85. The maximum Gasteiger partial charge on any atom is 0.277 e. The smallest absolute Gasteiger partial charge is 0.277 e. The highest BCUT2D eigenvalue weighted by Gasteiger charge is 2.42. The molecule has 4 N–H and O–H groups in total. The van der Waals surface area contributed by atoms with E-state index < -0.39 is 12.2 Å². The highest BCUT2D eigenvalue weighted by Crippen LogP contribution is 2.40. The largest absolute Gasteiger partial charge is 0.369 e.